The summed E-state index contributed by atoms with van der Waals surface area (Å²) in [4.78, 5) is 38.6. The zero-order chi connectivity index (χ0) is 26.1. The number of Topliss-reactive ketones (excluding diaryl/α,β-unsaturated/α-hetero) is 1. The Bertz CT molecular complexity index is 1190. The molecule has 0 saturated carbocycles. The largest absolute Gasteiger partial charge is 0.492 e. The van der Waals surface area contributed by atoms with Gasteiger partial charge < -0.3 is 18.9 Å². The Balaban J connectivity index is 2.48. The second-order valence-corrected chi connectivity index (χ2v) is 8.99. The third kappa shape index (κ3) is 6.71. The first-order chi connectivity index (χ1) is 16.7. The highest BCUT2D eigenvalue weighted by atomic mass is 79.9. The van der Waals surface area contributed by atoms with Gasteiger partial charge in [0.05, 0.1) is 42.5 Å². The minimum atomic E-state index is -0.637. The lowest BCUT2D eigenvalue weighted by Crippen LogP contribution is -2.12. The quantitative estimate of drug-likeness (QED) is 0.205. The van der Waals surface area contributed by atoms with Crippen molar-refractivity contribution < 1.29 is 33.3 Å². The molecule has 0 N–H and O–H groups in total. The third-order valence-corrected chi connectivity index (χ3v) is 6.61. The van der Waals surface area contributed by atoms with Crippen molar-refractivity contribution in [1.82, 2.24) is 0 Å². The molecule has 1 heterocycles. The van der Waals surface area contributed by atoms with Crippen molar-refractivity contribution in [3.05, 3.63) is 48.6 Å². The van der Waals surface area contributed by atoms with Gasteiger partial charge in [-0.2, -0.15) is 5.26 Å². The number of hydrogen-bond acceptors (Lipinski definition) is 9. The average molecular weight is 564 g/mol. The van der Waals surface area contributed by atoms with Crippen LogP contribution in [0, 0.1) is 18.3 Å². The van der Waals surface area contributed by atoms with E-state index in [2.05, 4.69) is 15.9 Å². The molecule has 0 aliphatic rings. The smallest absolute Gasteiger partial charge is 0.348 e. The van der Waals surface area contributed by atoms with Crippen LogP contribution in [0.4, 0.5) is 0 Å². The maximum Gasteiger partial charge on any atom is 0.348 e. The van der Waals surface area contributed by atoms with Crippen LogP contribution in [0.5, 0.6) is 11.5 Å². The van der Waals surface area contributed by atoms with E-state index in [9.17, 15) is 19.6 Å². The number of thiophene rings is 1. The van der Waals surface area contributed by atoms with Crippen molar-refractivity contribution in [2.24, 2.45) is 0 Å². The van der Waals surface area contributed by atoms with Crippen LogP contribution in [0.3, 0.4) is 0 Å². The van der Waals surface area contributed by atoms with Crippen molar-refractivity contribution >= 4 is 51.1 Å². The third-order valence-electron chi connectivity index (χ3n) is 4.75. The number of carbonyl (C=O) groups is 3. The monoisotopic (exact) mass is 563 g/mol. The van der Waals surface area contributed by atoms with Crippen LogP contribution >= 0.6 is 27.3 Å². The van der Waals surface area contributed by atoms with E-state index in [-0.39, 0.29) is 35.6 Å². The van der Waals surface area contributed by atoms with Crippen molar-refractivity contribution in [3.8, 4) is 17.6 Å². The summed E-state index contributed by atoms with van der Waals surface area (Å²) in [5.74, 6) is -0.782. The highest BCUT2D eigenvalue weighted by molar-refractivity contribution is 9.10. The number of methoxy groups -OCH3 is 1. The van der Waals surface area contributed by atoms with Crippen LogP contribution in [0.2, 0.25) is 0 Å². The molecule has 1 aromatic carbocycles. The van der Waals surface area contributed by atoms with E-state index < -0.39 is 17.7 Å². The fraction of sp³-hybridized carbons (Fsp3) is 0.360. The molecule has 2 aromatic rings. The molecule has 8 nitrogen and oxygen atoms in total. The number of rotatable bonds is 11. The van der Waals surface area contributed by atoms with Gasteiger partial charge in [0, 0.05) is 11.3 Å². The second kappa shape index (κ2) is 13.1. The number of halogens is 1. The summed E-state index contributed by atoms with van der Waals surface area (Å²) < 4.78 is 21.7. The van der Waals surface area contributed by atoms with Crippen LogP contribution in [-0.2, 0) is 20.7 Å². The molecule has 0 unspecified atom stereocenters. The van der Waals surface area contributed by atoms with Gasteiger partial charge >= 0.3 is 11.9 Å². The summed E-state index contributed by atoms with van der Waals surface area (Å²) in [6.45, 7) is 7.47. The van der Waals surface area contributed by atoms with E-state index in [1.807, 2.05) is 13.0 Å². The van der Waals surface area contributed by atoms with Crippen molar-refractivity contribution in [3.63, 3.8) is 0 Å². The molecule has 0 amide bonds. The van der Waals surface area contributed by atoms with Crippen molar-refractivity contribution in [1.29, 1.82) is 5.26 Å². The van der Waals surface area contributed by atoms with Gasteiger partial charge in [0.25, 0.3) is 0 Å². The molecule has 0 fully saturated rings. The summed E-state index contributed by atoms with van der Waals surface area (Å²) in [6.07, 6.45) is 1.18. The Morgan fingerprint density at radius 1 is 1.09 bits per heavy atom. The number of ketones is 1. The molecule has 10 heteroatoms. The van der Waals surface area contributed by atoms with Crippen LogP contribution < -0.4 is 9.47 Å². The van der Waals surface area contributed by atoms with Gasteiger partial charge in [-0.15, -0.1) is 11.3 Å². The Kier molecular flexibility index (Phi) is 10.5. The molecular weight excluding hydrogens is 538 g/mol. The van der Waals surface area contributed by atoms with E-state index in [0.29, 0.717) is 38.6 Å². The standard InChI is InChI=1S/C25H26BrNO7S/c1-6-32-19-11-15(10-17(26)22(19)31-5)9-16(13-27)18(28)12-20-21(24(29)33-7-2)14(4)23(35-20)25(30)34-8-3/h9-11H,6-8,12H2,1-5H3. The number of benzene rings is 1. The van der Waals surface area contributed by atoms with E-state index in [0.717, 1.165) is 11.3 Å². The normalized spacial score (nSPS) is 10.9. The number of nitriles is 1. The van der Waals surface area contributed by atoms with Gasteiger partial charge in [0.15, 0.2) is 17.3 Å². The van der Waals surface area contributed by atoms with Gasteiger partial charge in [-0.3, -0.25) is 4.79 Å². The van der Waals surface area contributed by atoms with Crippen molar-refractivity contribution in [2.75, 3.05) is 26.9 Å². The molecule has 0 radical (unpaired) electrons. The fourth-order valence-corrected chi connectivity index (χ4v) is 5.08. The molecule has 0 spiro atoms. The summed E-state index contributed by atoms with van der Waals surface area (Å²) in [5, 5.41) is 9.69. The first kappa shape index (κ1) is 28.1. The number of nitrogens with zero attached hydrogens (tertiary/aromatic N) is 1. The van der Waals surface area contributed by atoms with Gasteiger partial charge in [-0.1, -0.05) is 0 Å². The van der Waals surface area contributed by atoms with Gasteiger partial charge in [0.1, 0.15) is 10.9 Å². The molecule has 0 saturated heterocycles. The predicted molar refractivity (Wildman–Crippen MR) is 135 cm³/mol. The minimum Gasteiger partial charge on any atom is -0.492 e. The van der Waals surface area contributed by atoms with E-state index in [1.54, 1.807) is 32.9 Å². The summed E-state index contributed by atoms with van der Waals surface area (Å²) in [6, 6.07) is 5.29. The van der Waals surface area contributed by atoms with Crippen molar-refractivity contribution in [2.45, 2.75) is 34.1 Å². The van der Waals surface area contributed by atoms with E-state index >= 15 is 0 Å². The molecular formula is C25H26BrNO7S. The first-order valence-corrected chi connectivity index (χ1v) is 12.4. The predicted octanol–water partition coefficient (Wildman–Crippen LogP) is 5.30. The lowest BCUT2D eigenvalue weighted by molar-refractivity contribution is -0.114. The highest BCUT2D eigenvalue weighted by Crippen LogP contribution is 2.37. The Morgan fingerprint density at radius 2 is 1.74 bits per heavy atom. The molecule has 1 aromatic heterocycles. The summed E-state index contributed by atoms with van der Waals surface area (Å²) >= 11 is 4.40. The number of carbonyl (C=O) groups excluding carboxylic acids is 3. The van der Waals surface area contributed by atoms with Gasteiger partial charge in [-0.05, 0) is 73.0 Å². The highest BCUT2D eigenvalue weighted by Gasteiger charge is 2.28. The molecule has 35 heavy (non-hydrogen) atoms. The van der Waals surface area contributed by atoms with E-state index in [4.69, 9.17) is 18.9 Å². The molecule has 0 aliphatic carbocycles. The summed E-state index contributed by atoms with van der Waals surface area (Å²) in [7, 11) is 1.51. The second-order valence-electron chi connectivity index (χ2n) is 7.03. The van der Waals surface area contributed by atoms with E-state index in [1.165, 1.54) is 13.2 Å². The zero-order valence-electron chi connectivity index (χ0n) is 20.2. The summed E-state index contributed by atoms with van der Waals surface area (Å²) in [5.41, 5.74) is 0.961. The van der Waals surface area contributed by atoms with Crippen LogP contribution in [0.1, 0.15) is 56.8 Å². The SMILES string of the molecule is CCOC(=O)c1sc(CC(=O)C(C#N)=Cc2cc(Br)c(OC)c(OCC)c2)c(C(=O)OCC)c1C. The Labute approximate surface area is 216 Å². The molecule has 2 rings (SSSR count). The number of esters is 2. The van der Waals surface area contributed by atoms with Crippen LogP contribution in [0.25, 0.3) is 6.08 Å². The molecule has 0 aliphatic heterocycles. The fourth-order valence-electron chi connectivity index (χ4n) is 3.27. The minimum absolute atomic E-state index is 0.122. The maximum absolute atomic E-state index is 13.1. The van der Waals surface area contributed by atoms with Crippen LogP contribution in [-0.4, -0.2) is 44.7 Å². The Hall–Kier alpha value is -3.16. The van der Waals surface area contributed by atoms with Gasteiger partial charge in [0.2, 0.25) is 0 Å². The topological polar surface area (TPSA) is 112 Å². The zero-order valence-corrected chi connectivity index (χ0v) is 22.6. The van der Waals surface area contributed by atoms with Crippen LogP contribution in [0.15, 0.2) is 22.2 Å². The lowest BCUT2D eigenvalue weighted by Gasteiger charge is -2.12. The Morgan fingerprint density at radius 3 is 2.31 bits per heavy atom. The molecule has 0 bridgehead atoms. The number of allylic oxidation sites excluding steroid dienone is 1. The average Bonchev–Trinajstić information content (AvgIpc) is 3.13. The van der Waals surface area contributed by atoms with Gasteiger partial charge in [-0.25, -0.2) is 9.59 Å². The molecule has 0 atom stereocenters. The number of ether oxygens (including phenoxy) is 4. The number of hydrogen-bond donors (Lipinski definition) is 0. The lowest BCUT2D eigenvalue weighted by atomic mass is 10.0. The maximum atomic E-state index is 13.1. The first-order valence-electron chi connectivity index (χ1n) is 10.8. The molecule has 186 valence electrons.